The Morgan fingerprint density at radius 3 is 2.63 bits per heavy atom. The first kappa shape index (κ1) is 11.6. The summed E-state index contributed by atoms with van der Waals surface area (Å²) in [5, 5.41) is 18.6. The fourth-order valence-electron chi connectivity index (χ4n) is 2.24. The van der Waals surface area contributed by atoms with Gasteiger partial charge >= 0.3 is 0 Å². The van der Waals surface area contributed by atoms with Gasteiger partial charge in [-0.25, -0.2) is 0 Å². The molecule has 19 heavy (non-hydrogen) atoms. The van der Waals surface area contributed by atoms with Crippen molar-refractivity contribution in [2.24, 2.45) is 5.92 Å². The lowest BCUT2D eigenvalue weighted by molar-refractivity contribution is -0.117. The number of carbonyl (C=O) groups excluding carboxylic acids is 1. The molecule has 2 aliphatic rings. The molecule has 1 aromatic carbocycles. The summed E-state index contributed by atoms with van der Waals surface area (Å²) in [5.41, 5.74) is 1.19. The summed E-state index contributed by atoms with van der Waals surface area (Å²) < 4.78 is 5.43. The number of ether oxygens (including phenoxy) is 1. The summed E-state index contributed by atoms with van der Waals surface area (Å²) in [4.78, 5) is 12.4. The van der Waals surface area contributed by atoms with Crippen LogP contribution in [0.1, 0.15) is 12.0 Å². The zero-order valence-corrected chi connectivity index (χ0v) is 10.0. The molecule has 0 saturated heterocycles. The number of hydrogen-bond donors (Lipinski definition) is 2. The van der Waals surface area contributed by atoms with Crippen LogP contribution < -0.4 is 0 Å². The summed E-state index contributed by atoms with van der Waals surface area (Å²) in [6.45, 7) is 0. The van der Waals surface area contributed by atoms with Gasteiger partial charge in [0.15, 0.2) is 5.78 Å². The van der Waals surface area contributed by atoms with Crippen LogP contribution in [-0.2, 0) is 9.53 Å². The van der Waals surface area contributed by atoms with Crippen LogP contribution in [0.25, 0.3) is 5.57 Å². The fraction of sp³-hybridized carbons (Fsp3) is 0.133. The van der Waals surface area contributed by atoms with E-state index in [-0.39, 0.29) is 23.2 Å². The van der Waals surface area contributed by atoms with Crippen molar-refractivity contribution in [1.29, 1.82) is 0 Å². The van der Waals surface area contributed by atoms with Crippen molar-refractivity contribution in [3.63, 3.8) is 0 Å². The third-order valence-electron chi connectivity index (χ3n) is 3.27. The minimum atomic E-state index is -0.371. The second-order valence-electron chi connectivity index (χ2n) is 4.52. The highest BCUT2D eigenvalue weighted by atomic mass is 16.5. The number of aliphatic hydroxyl groups is 1. The van der Waals surface area contributed by atoms with Crippen LogP contribution in [0.3, 0.4) is 0 Å². The first-order valence-electron chi connectivity index (χ1n) is 5.96. The number of ketones is 1. The highest BCUT2D eigenvalue weighted by molar-refractivity contribution is 6.23. The van der Waals surface area contributed by atoms with Crippen LogP contribution in [0.2, 0.25) is 0 Å². The number of aliphatic hydroxyl groups excluding tert-OH is 1. The molecule has 1 atom stereocenters. The Bertz CT molecular complexity index is 620. The van der Waals surface area contributed by atoms with Crippen molar-refractivity contribution in [3.05, 3.63) is 59.8 Å². The molecule has 4 heteroatoms. The van der Waals surface area contributed by atoms with E-state index in [1.54, 1.807) is 18.2 Å². The Morgan fingerprint density at radius 2 is 1.89 bits per heavy atom. The summed E-state index contributed by atoms with van der Waals surface area (Å²) in [6, 6.07) is 6.41. The van der Waals surface area contributed by atoms with Crippen molar-refractivity contribution in [2.45, 2.75) is 6.42 Å². The number of allylic oxidation sites excluding steroid dienone is 4. The average molecular weight is 256 g/mol. The summed E-state index contributed by atoms with van der Waals surface area (Å²) in [6.07, 6.45) is 4.91. The predicted octanol–water partition coefficient (Wildman–Crippen LogP) is 2.68. The lowest BCUT2D eigenvalue weighted by atomic mass is 9.86. The number of Topliss-reactive ketones (excluding diaryl/α,β-unsaturated/α-hetero) is 1. The molecule has 1 aromatic rings. The van der Waals surface area contributed by atoms with Crippen molar-refractivity contribution in [3.8, 4) is 5.75 Å². The van der Waals surface area contributed by atoms with E-state index >= 15 is 0 Å². The lowest BCUT2D eigenvalue weighted by Crippen LogP contribution is -2.24. The Kier molecular flexibility index (Phi) is 2.63. The lowest BCUT2D eigenvalue weighted by Gasteiger charge is -2.25. The molecule has 4 nitrogen and oxygen atoms in total. The molecule has 0 saturated carbocycles. The molecule has 1 aliphatic heterocycles. The van der Waals surface area contributed by atoms with Gasteiger partial charge in [-0.3, -0.25) is 4.79 Å². The van der Waals surface area contributed by atoms with Crippen LogP contribution >= 0.6 is 0 Å². The van der Waals surface area contributed by atoms with Gasteiger partial charge in [0.2, 0.25) is 0 Å². The Hall–Kier alpha value is -2.49. The maximum Gasteiger partial charge on any atom is 0.177 e. The summed E-state index contributed by atoms with van der Waals surface area (Å²) >= 11 is 0. The first-order chi connectivity index (χ1) is 9.15. The van der Waals surface area contributed by atoms with Gasteiger partial charge < -0.3 is 14.9 Å². The minimum Gasteiger partial charge on any atom is -0.508 e. The number of phenols is 1. The number of fused-ring (bicyclic) bond motifs is 1. The normalized spacial score (nSPS) is 21.8. The molecule has 0 bridgehead atoms. The van der Waals surface area contributed by atoms with Crippen molar-refractivity contribution in [2.75, 3.05) is 0 Å². The molecule has 96 valence electrons. The second-order valence-corrected chi connectivity index (χ2v) is 4.52. The molecule has 1 unspecified atom stereocenters. The maximum atomic E-state index is 12.4. The number of rotatable bonds is 1. The Balaban J connectivity index is 1.96. The van der Waals surface area contributed by atoms with Crippen molar-refractivity contribution >= 4 is 11.4 Å². The van der Waals surface area contributed by atoms with Gasteiger partial charge in [0.05, 0.1) is 11.5 Å². The van der Waals surface area contributed by atoms with Gasteiger partial charge in [-0.15, -0.1) is 0 Å². The smallest absolute Gasteiger partial charge is 0.177 e. The predicted molar refractivity (Wildman–Crippen MR) is 69.1 cm³/mol. The topological polar surface area (TPSA) is 66.8 Å². The van der Waals surface area contributed by atoms with E-state index in [0.717, 1.165) is 0 Å². The Morgan fingerprint density at radius 1 is 1.16 bits per heavy atom. The van der Waals surface area contributed by atoms with E-state index in [1.807, 2.05) is 0 Å². The molecular formula is C15H12O4. The highest BCUT2D eigenvalue weighted by Gasteiger charge is 2.33. The molecule has 0 aromatic heterocycles. The highest BCUT2D eigenvalue weighted by Crippen LogP contribution is 2.35. The largest absolute Gasteiger partial charge is 0.508 e. The van der Waals surface area contributed by atoms with Crippen LogP contribution in [0, 0.1) is 5.92 Å². The van der Waals surface area contributed by atoms with Gasteiger partial charge in [-0.1, -0.05) is 12.1 Å². The molecular weight excluding hydrogens is 244 g/mol. The maximum absolute atomic E-state index is 12.4. The van der Waals surface area contributed by atoms with Gasteiger partial charge in [0.1, 0.15) is 23.5 Å². The van der Waals surface area contributed by atoms with E-state index in [0.29, 0.717) is 23.3 Å². The van der Waals surface area contributed by atoms with Crippen molar-refractivity contribution in [1.82, 2.24) is 0 Å². The van der Waals surface area contributed by atoms with E-state index in [2.05, 4.69) is 0 Å². The number of carbonyl (C=O) groups is 1. The average Bonchev–Trinajstić information content (AvgIpc) is 2.40. The molecule has 2 N–H and O–H groups in total. The Labute approximate surface area is 109 Å². The molecule has 3 rings (SSSR count). The molecule has 0 amide bonds. The van der Waals surface area contributed by atoms with E-state index in [4.69, 9.17) is 4.74 Å². The van der Waals surface area contributed by atoms with E-state index in [9.17, 15) is 15.0 Å². The zero-order chi connectivity index (χ0) is 13.4. The third-order valence-corrected chi connectivity index (χ3v) is 3.27. The molecule has 0 spiro atoms. The number of aromatic hydroxyl groups is 1. The monoisotopic (exact) mass is 256 g/mol. The van der Waals surface area contributed by atoms with Crippen LogP contribution in [0.4, 0.5) is 0 Å². The fourth-order valence-corrected chi connectivity index (χ4v) is 2.24. The van der Waals surface area contributed by atoms with Crippen LogP contribution in [0.5, 0.6) is 5.75 Å². The quantitative estimate of drug-likeness (QED) is 0.810. The second kappa shape index (κ2) is 4.31. The van der Waals surface area contributed by atoms with Gasteiger partial charge in [0.25, 0.3) is 0 Å². The van der Waals surface area contributed by atoms with Crippen LogP contribution in [0.15, 0.2) is 54.2 Å². The summed E-state index contributed by atoms with van der Waals surface area (Å²) in [7, 11) is 0. The zero-order valence-electron chi connectivity index (χ0n) is 10.0. The van der Waals surface area contributed by atoms with Gasteiger partial charge in [0, 0.05) is 6.08 Å². The van der Waals surface area contributed by atoms with Crippen molar-refractivity contribution < 1.29 is 19.7 Å². The van der Waals surface area contributed by atoms with Gasteiger partial charge in [-0.2, -0.15) is 0 Å². The van der Waals surface area contributed by atoms with E-state index < -0.39 is 0 Å². The molecule has 0 radical (unpaired) electrons. The molecule has 1 aliphatic carbocycles. The van der Waals surface area contributed by atoms with E-state index in [1.165, 1.54) is 24.5 Å². The summed E-state index contributed by atoms with van der Waals surface area (Å²) in [5.74, 6) is 0.351. The minimum absolute atomic E-state index is 0.0352. The SMILES string of the molecule is O=C1C(c2ccc(O)cc2)=COC2=CC(O)=CCC12. The number of benzene rings is 1. The molecule has 0 fully saturated rings. The molecule has 1 heterocycles. The number of phenolic OH excluding ortho intramolecular Hbond substituents is 1. The third kappa shape index (κ3) is 2.01. The number of hydrogen-bond acceptors (Lipinski definition) is 4. The van der Waals surface area contributed by atoms with Crippen LogP contribution in [-0.4, -0.2) is 16.0 Å². The van der Waals surface area contributed by atoms with Gasteiger partial charge in [-0.05, 0) is 30.2 Å². The first-order valence-corrected chi connectivity index (χ1v) is 5.96. The standard InChI is InChI=1S/C15H12O4/c16-10-3-1-9(2-4-10)13-8-19-14-7-11(17)5-6-12(14)15(13)18/h1-5,7-8,12,16-17H,6H2.